The van der Waals surface area contributed by atoms with Crippen LogP contribution in [0.2, 0.25) is 0 Å². The van der Waals surface area contributed by atoms with Gasteiger partial charge in [-0.1, -0.05) is 60.7 Å². The van der Waals surface area contributed by atoms with Crippen LogP contribution >= 0.6 is 7.80 Å². The Morgan fingerprint density at radius 3 is 1.50 bits per heavy atom. The molecule has 0 bridgehead atoms. The molecule has 1 saturated heterocycles. The first-order valence-electron chi connectivity index (χ1n) is 6.49. The van der Waals surface area contributed by atoms with E-state index in [1.165, 1.54) is 24.0 Å². The first kappa shape index (κ1) is 12.0. The fourth-order valence-electron chi connectivity index (χ4n) is 2.86. The Hall–Kier alpha value is -1.07. The van der Waals surface area contributed by atoms with Crippen LogP contribution in [0.1, 0.15) is 35.3 Å². The second-order valence-corrected chi connectivity index (χ2v) is 7.02. The predicted molar refractivity (Wildman–Crippen MR) is 80.3 cm³/mol. The van der Waals surface area contributed by atoms with Crippen LogP contribution in [-0.4, -0.2) is 7.57 Å². The highest BCUT2D eigenvalue weighted by molar-refractivity contribution is 7.82. The van der Waals surface area contributed by atoms with Crippen LogP contribution in [0.5, 0.6) is 0 Å². The Kier molecular flexibility index (Phi) is 3.52. The van der Waals surface area contributed by atoms with E-state index in [9.17, 15) is 0 Å². The molecule has 2 aromatic rings. The Bertz CT molecular complexity index is 450. The van der Waals surface area contributed by atoms with E-state index in [2.05, 4.69) is 60.7 Å². The van der Waals surface area contributed by atoms with Crippen LogP contribution in [0, 0.1) is 0 Å². The van der Waals surface area contributed by atoms with Gasteiger partial charge in [0, 0.05) is 0 Å². The summed E-state index contributed by atoms with van der Waals surface area (Å²) in [5.41, 5.74) is 3.99. The summed E-state index contributed by atoms with van der Waals surface area (Å²) in [5, 5.41) is 0. The molecule has 0 amide bonds. The molecular weight excluding hydrogens is 234 g/mol. The summed E-state index contributed by atoms with van der Waals surface area (Å²) in [5.74, 6) is 0. The van der Waals surface area contributed by atoms with Gasteiger partial charge in [0.1, 0.15) is 7.57 Å². The lowest BCUT2D eigenvalue weighted by Crippen LogP contribution is -1.93. The highest BCUT2D eigenvalue weighted by Gasteiger charge is 2.33. The summed E-state index contributed by atoms with van der Waals surface area (Å²) in [6.07, 6.45) is 2.46. The van der Waals surface area contributed by atoms with Crippen molar-refractivity contribution < 1.29 is 0 Å². The van der Waals surface area contributed by atoms with E-state index in [0.717, 1.165) is 0 Å². The first-order valence-corrected chi connectivity index (χ1v) is 8.04. The lowest BCUT2D eigenvalue weighted by atomic mass is 10.0. The predicted octanol–water partition coefficient (Wildman–Crippen LogP) is 4.83. The molecule has 1 fully saturated rings. The molecule has 18 heavy (non-hydrogen) atoms. The van der Waals surface area contributed by atoms with Crippen LogP contribution in [0.3, 0.4) is 0 Å². The van der Waals surface area contributed by atoms with Gasteiger partial charge in [0.05, 0.1) is 0 Å². The van der Waals surface area contributed by atoms with Crippen LogP contribution in [0.4, 0.5) is 0 Å². The molecule has 2 atom stereocenters. The second-order valence-electron chi connectivity index (χ2n) is 4.88. The van der Waals surface area contributed by atoms with E-state index in [1.807, 2.05) is 0 Å². The van der Waals surface area contributed by atoms with E-state index in [0.29, 0.717) is 11.3 Å². The van der Waals surface area contributed by atoms with Crippen molar-refractivity contribution in [2.24, 2.45) is 0 Å². The summed E-state index contributed by atoms with van der Waals surface area (Å²) in [4.78, 5) is 0. The van der Waals surface area contributed by atoms with Crippen molar-refractivity contribution in [2.75, 3.05) is 0 Å². The highest BCUT2D eigenvalue weighted by Crippen LogP contribution is 2.67. The van der Waals surface area contributed by atoms with Crippen molar-refractivity contribution in [1.29, 1.82) is 0 Å². The molecular formula is C16H16BP. The van der Waals surface area contributed by atoms with E-state index < -0.39 is 7.80 Å². The Labute approximate surface area is 112 Å². The third-order valence-corrected chi connectivity index (χ3v) is 6.35. The van der Waals surface area contributed by atoms with E-state index in [4.69, 9.17) is 7.57 Å². The van der Waals surface area contributed by atoms with Gasteiger partial charge in [-0.25, -0.2) is 0 Å². The van der Waals surface area contributed by atoms with Crippen molar-refractivity contribution >= 4 is 15.4 Å². The zero-order chi connectivity index (χ0) is 12.4. The Balaban J connectivity index is 1.83. The fraction of sp³-hybridized carbons (Fsp3) is 0.250. The summed E-state index contributed by atoms with van der Waals surface area (Å²) < 4.78 is 0. The van der Waals surface area contributed by atoms with Crippen LogP contribution in [0.25, 0.3) is 0 Å². The number of benzene rings is 2. The molecule has 1 heterocycles. The van der Waals surface area contributed by atoms with Crippen molar-refractivity contribution in [1.82, 2.24) is 0 Å². The Morgan fingerprint density at radius 1 is 0.722 bits per heavy atom. The molecule has 3 rings (SSSR count). The molecule has 0 saturated carbocycles. The topological polar surface area (TPSA) is 0 Å². The van der Waals surface area contributed by atoms with Gasteiger partial charge < -0.3 is 0 Å². The molecule has 0 N–H and O–H groups in total. The molecule has 0 unspecified atom stereocenters. The minimum Gasteiger partial charge on any atom is -0.142 e. The minimum absolute atomic E-state index is 0.444. The molecule has 1 aliphatic heterocycles. The van der Waals surface area contributed by atoms with Crippen LogP contribution in [-0.2, 0) is 0 Å². The number of hydrogen-bond acceptors (Lipinski definition) is 0. The zero-order valence-electron chi connectivity index (χ0n) is 10.4. The maximum Gasteiger partial charge on any atom is 0.110 e. The molecule has 2 aromatic carbocycles. The van der Waals surface area contributed by atoms with Crippen LogP contribution in [0.15, 0.2) is 60.7 Å². The van der Waals surface area contributed by atoms with Crippen molar-refractivity contribution in [2.45, 2.75) is 24.2 Å². The summed E-state index contributed by atoms with van der Waals surface area (Å²) in [6, 6.07) is 21.5. The van der Waals surface area contributed by atoms with Crippen molar-refractivity contribution in [3.05, 3.63) is 71.8 Å². The smallest absolute Gasteiger partial charge is 0.110 e. The lowest BCUT2D eigenvalue weighted by Gasteiger charge is -2.23. The molecule has 0 nitrogen and oxygen atoms in total. The summed E-state index contributed by atoms with van der Waals surface area (Å²) >= 11 is 0. The molecule has 0 aliphatic carbocycles. The normalized spacial score (nSPS) is 24.2. The van der Waals surface area contributed by atoms with Gasteiger partial charge in [-0.15, -0.1) is 7.80 Å². The van der Waals surface area contributed by atoms with E-state index in [-0.39, 0.29) is 0 Å². The third-order valence-electron chi connectivity index (χ3n) is 3.80. The van der Waals surface area contributed by atoms with E-state index in [1.54, 1.807) is 0 Å². The van der Waals surface area contributed by atoms with Gasteiger partial charge in [0.15, 0.2) is 0 Å². The summed E-state index contributed by atoms with van der Waals surface area (Å²) in [6.45, 7) is 0. The SMILES string of the molecule is [B]P1[C@H](c2ccccc2)CC[C@H]1c1ccccc1. The van der Waals surface area contributed by atoms with Gasteiger partial charge in [0.2, 0.25) is 0 Å². The lowest BCUT2D eigenvalue weighted by molar-refractivity contribution is 0.765. The number of rotatable bonds is 2. The molecule has 0 spiro atoms. The van der Waals surface area contributed by atoms with Crippen molar-refractivity contribution in [3.8, 4) is 0 Å². The van der Waals surface area contributed by atoms with Gasteiger partial charge in [-0.05, 0) is 35.3 Å². The third kappa shape index (κ3) is 2.25. The molecule has 0 aromatic heterocycles. The standard InChI is InChI=1S/C16H16BP/c17-18-15(13-7-3-1-4-8-13)11-12-16(18)14-9-5-2-6-10-14/h1-10,15-16H,11-12H2/t15-,16-/m0/s1. The average Bonchev–Trinajstić information content (AvgIpc) is 2.83. The second kappa shape index (κ2) is 5.28. The maximum absolute atomic E-state index is 6.55. The maximum atomic E-state index is 6.55. The number of hydrogen-bond donors (Lipinski definition) is 0. The molecule has 1 aliphatic rings. The summed E-state index contributed by atoms with van der Waals surface area (Å²) in [7, 11) is 6.11. The fourth-order valence-corrected chi connectivity index (χ4v) is 5.22. The molecule has 2 radical (unpaired) electrons. The highest BCUT2D eigenvalue weighted by atomic mass is 31.1. The Morgan fingerprint density at radius 2 is 1.11 bits per heavy atom. The van der Waals surface area contributed by atoms with Gasteiger partial charge in [-0.3, -0.25) is 0 Å². The van der Waals surface area contributed by atoms with Crippen molar-refractivity contribution in [3.63, 3.8) is 0 Å². The average molecular weight is 250 g/mol. The molecule has 88 valence electrons. The minimum atomic E-state index is -0.444. The van der Waals surface area contributed by atoms with Gasteiger partial charge in [0.25, 0.3) is 0 Å². The first-order chi connectivity index (χ1) is 8.86. The molecule has 2 heteroatoms. The van der Waals surface area contributed by atoms with Crippen LogP contribution < -0.4 is 0 Å². The zero-order valence-corrected chi connectivity index (χ0v) is 11.3. The van der Waals surface area contributed by atoms with Gasteiger partial charge >= 0.3 is 0 Å². The largest absolute Gasteiger partial charge is 0.142 e. The monoisotopic (exact) mass is 250 g/mol. The van der Waals surface area contributed by atoms with E-state index >= 15 is 0 Å². The van der Waals surface area contributed by atoms with Gasteiger partial charge in [-0.2, -0.15) is 0 Å². The quantitative estimate of drug-likeness (QED) is 0.529.